The number of imidazole rings is 1. The number of nitrogens with zero attached hydrogens (tertiary/aromatic N) is 3. The zero-order valence-electron chi connectivity index (χ0n) is 17.4. The first kappa shape index (κ1) is 20.2. The summed E-state index contributed by atoms with van der Waals surface area (Å²) in [5.74, 6) is 1.77. The Balaban J connectivity index is 1.45. The Morgan fingerprint density at radius 2 is 1.93 bits per heavy atom. The van der Waals surface area contributed by atoms with Crippen molar-refractivity contribution < 1.29 is 9.53 Å². The molecule has 3 aromatic rings. The highest BCUT2D eigenvalue weighted by molar-refractivity contribution is 5.79. The van der Waals surface area contributed by atoms with Crippen molar-refractivity contribution in [3.05, 3.63) is 42.9 Å². The molecule has 158 valence electrons. The summed E-state index contributed by atoms with van der Waals surface area (Å²) in [6.45, 7) is 0.540. The van der Waals surface area contributed by atoms with E-state index in [-0.39, 0.29) is 5.91 Å². The van der Waals surface area contributed by atoms with Gasteiger partial charge < -0.3 is 15.4 Å². The van der Waals surface area contributed by atoms with Crippen LogP contribution in [0, 0.1) is 0 Å². The molecule has 1 saturated carbocycles. The molecule has 0 saturated heterocycles. The van der Waals surface area contributed by atoms with E-state index in [0.717, 1.165) is 41.3 Å². The summed E-state index contributed by atoms with van der Waals surface area (Å²) in [7, 11) is 1.65. The number of nitrogens with one attached hydrogen (secondary N) is 2. The van der Waals surface area contributed by atoms with Crippen molar-refractivity contribution in [2.24, 2.45) is 0 Å². The van der Waals surface area contributed by atoms with Crippen LogP contribution in [-0.2, 0) is 4.79 Å². The third-order valence-corrected chi connectivity index (χ3v) is 5.66. The minimum absolute atomic E-state index is 0.107. The minimum atomic E-state index is 0.107. The van der Waals surface area contributed by atoms with E-state index >= 15 is 0 Å². The summed E-state index contributed by atoms with van der Waals surface area (Å²) in [5, 5.41) is 6.63. The summed E-state index contributed by atoms with van der Waals surface area (Å²) in [6, 6.07) is 8.13. The van der Waals surface area contributed by atoms with Gasteiger partial charge in [-0.2, -0.15) is 0 Å². The summed E-state index contributed by atoms with van der Waals surface area (Å²) in [6.07, 6.45) is 13.0. The van der Waals surface area contributed by atoms with Crippen LogP contribution in [0.5, 0.6) is 5.75 Å². The largest absolute Gasteiger partial charge is 0.497 e. The molecule has 30 heavy (non-hydrogen) atoms. The predicted molar refractivity (Wildman–Crippen MR) is 118 cm³/mol. The summed E-state index contributed by atoms with van der Waals surface area (Å²) in [5.41, 5.74) is 2.56. The number of benzene rings is 1. The maximum Gasteiger partial charge on any atom is 0.221 e. The standard InChI is InChI=1S/C23H29N5O2/c1-30-19-10-8-17(9-11-19)22-23(28-15-14-24-16-20(28)27-22)25-13-12-21(29)26-18-6-4-2-3-5-7-18/h8-11,14-16,18,25H,2-7,12-13H2,1H3,(H,26,29). The molecule has 1 aromatic carbocycles. The van der Waals surface area contributed by atoms with E-state index in [9.17, 15) is 4.79 Å². The Bertz CT molecular complexity index is 975. The Kier molecular flexibility index (Phi) is 6.47. The number of carbonyl (C=O) groups excluding carboxylic acids is 1. The second-order valence-electron chi connectivity index (χ2n) is 7.77. The lowest BCUT2D eigenvalue weighted by molar-refractivity contribution is -0.121. The van der Waals surface area contributed by atoms with Crippen LogP contribution < -0.4 is 15.4 Å². The minimum Gasteiger partial charge on any atom is -0.497 e. The molecule has 4 rings (SSSR count). The fourth-order valence-electron chi connectivity index (χ4n) is 4.04. The van der Waals surface area contributed by atoms with Gasteiger partial charge in [-0.1, -0.05) is 25.7 Å². The number of fused-ring (bicyclic) bond motifs is 1. The number of methoxy groups -OCH3 is 1. The molecule has 2 heterocycles. The lowest BCUT2D eigenvalue weighted by Crippen LogP contribution is -2.35. The summed E-state index contributed by atoms with van der Waals surface area (Å²) < 4.78 is 7.23. The number of aromatic nitrogens is 3. The number of hydrogen-bond donors (Lipinski definition) is 2. The Morgan fingerprint density at radius 1 is 1.17 bits per heavy atom. The Labute approximate surface area is 176 Å². The van der Waals surface area contributed by atoms with E-state index in [2.05, 4.69) is 15.6 Å². The van der Waals surface area contributed by atoms with Gasteiger partial charge in [0.2, 0.25) is 5.91 Å². The summed E-state index contributed by atoms with van der Waals surface area (Å²) >= 11 is 0. The molecule has 7 nitrogen and oxygen atoms in total. The van der Waals surface area contributed by atoms with Gasteiger partial charge in [0.1, 0.15) is 17.3 Å². The molecule has 2 N–H and O–H groups in total. The maximum atomic E-state index is 12.4. The second kappa shape index (κ2) is 9.61. The molecule has 0 unspecified atom stereocenters. The molecular weight excluding hydrogens is 378 g/mol. The average Bonchev–Trinajstić information content (AvgIpc) is 2.94. The van der Waals surface area contributed by atoms with Gasteiger partial charge in [0, 0.05) is 37.0 Å². The lowest BCUT2D eigenvalue weighted by Gasteiger charge is -2.16. The molecule has 0 radical (unpaired) electrons. The lowest BCUT2D eigenvalue weighted by atomic mass is 10.1. The van der Waals surface area contributed by atoms with Gasteiger partial charge in [-0.3, -0.25) is 14.2 Å². The van der Waals surface area contributed by atoms with Crippen LogP contribution in [-0.4, -0.2) is 40.0 Å². The van der Waals surface area contributed by atoms with Crippen molar-refractivity contribution >= 4 is 17.4 Å². The van der Waals surface area contributed by atoms with E-state index in [1.165, 1.54) is 25.7 Å². The van der Waals surface area contributed by atoms with Gasteiger partial charge in [0.05, 0.1) is 13.3 Å². The van der Waals surface area contributed by atoms with E-state index < -0.39 is 0 Å². The number of anilines is 1. The molecule has 0 atom stereocenters. The first-order chi connectivity index (χ1) is 14.7. The van der Waals surface area contributed by atoms with Crippen molar-refractivity contribution in [2.75, 3.05) is 19.0 Å². The molecule has 0 bridgehead atoms. The summed E-state index contributed by atoms with van der Waals surface area (Å²) in [4.78, 5) is 21.4. The van der Waals surface area contributed by atoms with E-state index in [1.807, 2.05) is 34.9 Å². The molecule has 1 amide bonds. The van der Waals surface area contributed by atoms with Gasteiger partial charge in [0.25, 0.3) is 0 Å². The monoisotopic (exact) mass is 407 g/mol. The van der Waals surface area contributed by atoms with Crippen LogP contribution >= 0.6 is 0 Å². The van der Waals surface area contributed by atoms with E-state index in [4.69, 9.17) is 9.72 Å². The molecule has 1 aliphatic carbocycles. The zero-order chi connectivity index (χ0) is 20.8. The van der Waals surface area contributed by atoms with Crippen LogP contribution in [0.1, 0.15) is 44.9 Å². The molecule has 2 aromatic heterocycles. The van der Waals surface area contributed by atoms with Crippen molar-refractivity contribution in [1.29, 1.82) is 0 Å². The topological polar surface area (TPSA) is 80.6 Å². The molecule has 0 spiro atoms. The maximum absolute atomic E-state index is 12.4. The molecule has 1 fully saturated rings. The SMILES string of the molecule is COc1ccc(-c2nc3cnccn3c2NCCC(=O)NC2CCCCCC2)cc1. The normalized spacial score (nSPS) is 15.0. The quantitative estimate of drug-likeness (QED) is 0.578. The van der Waals surface area contributed by atoms with Gasteiger partial charge in [0.15, 0.2) is 5.65 Å². The fourth-order valence-corrected chi connectivity index (χ4v) is 4.04. The van der Waals surface area contributed by atoms with Crippen molar-refractivity contribution in [3.8, 4) is 17.0 Å². The number of hydrogen-bond acceptors (Lipinski definition) is 5. The van der Waals surface area contributed by atoms with Crippen LogP contribution in [0.2, 0.25) is 0 Å². The second-order valence-corrected chi connectivity index (χ2v) is 7.77. The molecular formula is C23H29N5O2. The van der Waals surface area contributed by atoms with E-state index in [1.54, 1.807) is 19.5 Å². The predicted octanol–water partition coefficient (Wildman–Crippen LogP) is 4.05. The van der Waals surface area contributed by atoms with Gasteiger partial charge >= 0.3 is 0 Å². The van der Waals surface area contributed by atoms with Gasteiger partial charge in [-0.25, -0.2) is 4.98 Å². The fraction of sp³-hybridized carbons (Fsp3) is 0.435. The Morgan fingerprint density at radius 3 is 2.67 bits per heavy atom. The van der Waals surface area contributed by atoms with Crippen LogP contribution in [0.3, 0.4) is 0 Å². The smallest absolute Gasteiger partial charge is 0.221 e. The average molecular weight is 408 g/mol. The zero-order valence-corrected chi connectivity index (χ0v) is 17.4. The highest BCUT2D eigenvalue weighted by Gasteiger charge is 2.16. The molecule has 0 aliphatic heterocycles. The van der Waals surface area contributed by atoms with Crippen LogP contribution in [0.25, 0.3) is 16.9 Å². The number of ether oxygens (including phenoxy) is 1. The molecule has 7 heteroatoms. The Hall–Kier alpha value is -3.09. The van der Waals surface area contributed by atoms with Crippen molar-refractivity contribution in [2.45, 2.75) is 51.0 Å². The first-order valence-electron chi connectivity index (χ1n) is 10.7. The number of rotatable bonds is 7. The van der Waals surface area contributed by atoms with Crippen molar-refractivity contribution in [1.82, 2.24) is 19.7 Å². The van der Waals surface area contributed by atoms with Gasteiger partial charge in [-0.05, 0) is 37.1 Å². The highest BCUT2D eigenvalue weighted by Crippen LogP contribution is 2.29. The molecule has 1 aliphatic rings. The van der Waals surface area contributed by atoms with Crippen molar-refractivity contribution in [3.63, 3.8) is 0 Å². The number of carbonyl (C=O) groups is 1. The first-order valence-corrected chi connectivity index (χ1v) is 10.7. The third-order valence-electron chi connectivity index (χ3n) is 5.66. The highest BCUT2D eigenvalue weighted by atomic mass is 16.5. The van der Waals surface area contributed by atoms with Gasteiger partial charge in [-0.15, -0.1) is 0 Å². The van der Waals surface area contributed by atoms with E-state index in [0.29, 0.717) is 19.0 Å². The van der Waals surface area contributed by atoms with Crippen LogP contribution in [0.4, 0.5) is 5.82 Å². The van der Waals surface area contributed by atoms with Crippen LogP contribution in [0.15, 0.2) is 42.9 Å². The third kappa shape index (κ3) is 4.72. The number of amides is 1.